The van der Waals surface area contributed by atoms with Crippen LogP contribution in [0.4, 0.5) is 0 Å². The molecule has 0 N–H and O–H groups in total. The van der Waals surface area contributed by atoms with Crippen LogP contribution in [0, 0.1) is 0 Å². The van der Waals surface area contributed by atoms with E-state index in [0.717, 1.165) is 15.8 Å². The summed E-state index contributed by atoms with van der Waals surface area (Å²) in [7, 11) is 3.63. The Hall–Kier alpha value is -1.11. The highest BCUT2D eigenvalue weighted by Crippen LogP contribution is 2.25. The fourth-order valence-electron chi connectivity index (χ4n) is 3.09. The van der Waals surface area contributed by atoms with Crippen molar-refractivity contribution in [2.24, 2.45) is 0 Å². The Bertz CT molecular complexity index is 571. The van der Waals surface area contributed by atoms with Crippen molar-refractivity contribution in [3.8, 4) is 5.75 Å². The average Bonchev–Trinajstić information content (AvgIpc) is 2.52. The molecule has 134 valence electrons. The van der Waals surface area contributed by atoms with E-state index in [1.54, 1.807) is 7.11 Å². The van der Waals surface area contributed by atoms with Gasteiger partial charge in [-0.05, 0) is 46.0 Å². The number of likely N-dealkylation sites (N-methyl/N-ethyl adjacent to an activating group) is 1. The number of carbonyl (C=O) groups is 1. The van der Waals surface area contributed by atoms with Gasteiger partial charge in [-0.25, -0.2) is 0 Å². The molecule has 0 aromatic heterocycles. The lowest BCUT2D eigenvalue weighted by atomic mass is 10.1. The number of amides is 1. The number of morpholine rings is 1. The molecular weight excluding hydrogens is 372 g/mol. The average molecular weight is 399 g/mol. The molecule has 0 spiro atoms. The molecule has 0 radical (unpaired) electrons. The molecule has 0 aliphatic carbocycles. The van der Waals surface area contributed by atoms with Gasteiger partial charge in [-0.15, -0.1) is 0 Å². The van der Waals surface area contributed by atoms with Crippen molar-refractivity contribution in [2.45, 2.75) is 45.6 Å². The molecule has 0 bridgehead atoms. The lowest BCUT2D eigenvalue weighted by molar-refractivity contribution is -0.147. The van der Waals surface area contributed by atoms with Crippen LogP contribution in [-0.4, -0.2) is 61.2 Å². The summed E-state index contributed by atoms with van der Waals surface area (Å²) < 4.78 is 12.1. The van der Waals surface area contributed by atoms with Crippen LogP contribution in [0.15, 0.2) is 22.7 Å². The number of rotatable bonds is 5. The maximum atomic E-state index is 12.8. The van der Waals surface area contributed by atoms with Crippen LogP contribution in [0.25, 0.3) is 0 Å². The Balaban J connectivity index is 2.05. The van der Waals surface area contributed by atoms with Gasteiger partial charge >= 0.3 is 0 Å². The highest BCUT2D eigenvalue weighted by molar-refractivity contribution is 9.10. The summed E-state index contributed by atoms with van der Waals surface area (Å²) in [6, 6.07) is 5.72. The number of nitrogens with zero attached hydrogens (tertiary/aromatic N) is 2. The molecule has 24 heavy (non-hydrogen) atoms. The number of methoxy groups -OCH3 is 1. The van der Waals surface area contributed by atoms with Crippen molar-refractivity contribution in [2.75, 3.05) is 27.2 Å². The molecule has 1 aromatic rings. The number of ether oxygens (including phenoxy) is 2. The predicted molar refractivity (Wildman–Crippen MR) is 98.2 cm³/mol. The number of carbonyl (C=O) groups excluding carboxylic acids is 1. The van der Waals surface area contributed by atoms with Crippen LogP contribution in [0.5, 0.6) is 5.75 Å². The summed E-state index contributed by atoms with van der Waals surface area (Å²) in [5.74, 6) is 0.978. The predicted octanol–water partition coefficient (Wildman–Crippen LogP) is 2.91. The minimum Gasteiger partial charge on any atom is -0.496 e. The Labute approximate surface area is 153 Å². The molecule has 2 rings (SSSR count). The van der Waals surface area contributed by atoms with Crippen molar-refractivity contribution in [1.29, 1.82) is 0 Å². The van der Waals surface area contributed by atoms with Crippen molar-refractivity contribution >= 4 is 21.8 Å². The first-order chi connectivity index (χ1) is 11.3. The van der Waals surface area contributed by atoms with Gasteiger partial charge in [0.05, 0.1) is 25.4 Å². The maximum absolute atomic E-state index is 12.8. The topological polar surface area (TPSA) is 42.0 Å². The molecule has 3 atom stereocenters. The second kappa shape index (κ2) is 8.32. The first kappa shape index (κ1) is 19.2. The summed E-state index contributed by atoms with van der Waals surface area (Å²) in [4.78, 5) is 16.8. The maximum Gasteiger partial charge on any atom is 0.239 e. The molecular formula is C18H27BrN2O3. The second-order valence-electron chi connectivity index (χ2n) is 6.55. The minimum absolute atomic E-state index is 0.0837. The third-order valence-corrected chi connectivity index (χ3v) is 4.91. The van der Waals surface area contributed by atoms with Crippen LogP contribution in [0.1, 0.15) is 26.3 Å². The monoisotopic (exact) mass is 398 g/mol. The van der Waals surface area contributed by atoms with Gasteiger partial charge in [-0.2, -0.15) is 0 Å². The van der Waals surface area contributed by atoms with E-state index in [0.29, 0.717) is 19.6 Å². The van der Waals surface area contributed by atoms with E-state index in [-0.39, 0.29) is 24.2 Å². The molecule has 1 amide bonds. The molecule has 1 heterocycles. The van der Waals surface area contributed by atoms with Crippen LogP contribution >= 0.6 is 15.9 Å². The van der Waals surface area contributed by atoms with Gasteiger partial charge in [0.15, 0.2) is 0 Å². The summed E-state index contributed by atoms with van der Waals surface area (Å²) >= 11 is 3.49. The van der Waals surface area contributed by atoms with Gasteiger partial charge in [0, 0.05) is 29.7 Å². The van der Waals surface area contributed by atoms with Crippen LogP contribution in [-0.2, 0) is 16.1 Å². The number of halogens is 1. The van der Waals surface area contributed by atoms with E-state index in [2.05, 4.69) is 20.8 Å². The summed E-state index contributed by atoms with van der Waals surface area (Å²) in [6.45, 7) is 7.93. The highest BCUT2D eigenvalue weighted by atomic mass is 79.9. The van der Waals surface area contributed by atoms with E-state index >= 15 is 0 Å². The standard InChI is InChI=1S/C18H27BrN2O3/c1-12-9-21(10-13(2)24-12)18(22)14(3)20(4)11-15-8-16(19)6-7-17(15)23-5/h6-8,12-14H,9-11H2,1-5H3. The van der Waals surface area contributed by atoms with Crippen molar-refractivity contribution < 1.29 is 14.3 Å². The lowest BCUT2D eigenvalue weighted by Crippen LogP contribution is -2.53. The SMILES string of the molecule is COc1ccc(Br)cc1CN(C)C(C)C(=O)N1CC(C)OC(C)C1. The molecule has 1 aromatic carbocycles. The number of hydrogen-bond acceptors (Lipinski definition) is 4. The molecule has 1 saturated heterocycles. The first-order valence-electron chi connectivity index (χ1n) is 8.28. The minimum atomic E-state index is -0.203. The smallest absolute Gasteiger partial charge is 0.239 e. The van der Waals surface area contributed by atoms with Gasteiger partial charge in [0.1, 0.15) is 5.75 Å². The van der Waals surface area contributed by atoms with Crippen LogP contribution < -0.4 is 4.74 Å². The quantitative estimate of drug-likeness (QED) is 0.764. The molecule has 5 nitrogen and oxygen atoms in total. The largest absolute Gasteiger partial charge is 0.496 e. The molecule has 6 heteroatoms. The van der Waals surface area contributed by atoms with E-state index in [1.807, 2.05) is 50.9 Å². The fraction of sp³-hybridized carbons (Fsp3) is 0.611. The zero-order valence-electron chi connectivity index (χ0n) is 15.1. The Morgan fingerprint density at radius 1 is 1.42 bits per heavy atom. The van der Waals surface area contributed by atoms with Gasteiger partial charge in [0.2, 0.25) is 5.91 Å². The molecule has 1 aliphatic heterocycles. The number of benzene rings is 1. The van der Waals surface area contributed by atoms with Gasteiger partial charge in [-0.1, -0.05) is 15.9 Å². The zero-order chi connectivity index (χ0) is 17.9. The third-order valence-electron chi connectivity index (χ3n) is 4.41. The molecule has 1 aliphatic rings. The molecule has 1 fully saturated rings. The molecule has 0 saturated carbocycles. The third kappa shape index (κ3) is 4.71. The Morgan fingerprint density at radius 2 is 2.04 bits per heavy atom. The van der Waals surface area contributed by atoms with Crippen molar-refractivity contribution in [3.63, 3.8) is 0 Å². The first-order valence-corrected chi connectivity index (χ1v) is 9.08. The van der Waals surface area contributed by atoms with Crippen molar-refractivity contribution in [3.05, 3.63) is 28.2 Å². The van der Waals surface area contributed by atoms with Gasteiger partial charge in [-0.3, -0.25) is 9.69 Å². The van der Waals surface area contributed by atoms with Gasteiger partial charge < -0.3 is 14.4 Å². The normalized spacial score (nSPS) is 22.5. The Kier molecular flexibility index (Phi) is 6.66. The molecule has 3 unspecified atom stereocenters. The summed E-state index contributed by atoms with van der Waals surface area (Å²) in [6.07, 6.45) is 0.167. The van der Waals surface area contributed by atoms with E-state index in [4.69, 9.17) is 9.47 Å². The van der Waals surface area contributed by atoms with Crippen LogP contribution in [0.2, 0.25) is 0 Å². The fourth-order valence-corrected chi connectivity index (χ4v) is 3.50. The summed E-state index contributed by atoms with van der Waals surface area (Å²) in [5.41, 5.74) is 1.05. The Morgan fingerprint density at radius 3 is 2.62 bits per heavy atom. The van der Waals surface area contributed by atoms with E-state index in [1.165, 1.54) is 0 Å². The summed E-state index contributed by atoms with van der Waals surface area (Å²) in [5, 5.41) is 0. The van der Waals surface area contributed by atoms with Gasteiger partial charge in [0.25, 0.3) is 0 Å². The number of hydrogen-bond donors (Lipinski definition) is 0. The lowest BCUT2D eigenvalue weighted by Gasteiger charge is -2.38. The highest BCUT2D eigenvalue weighted by Gasteiger charge is 2.30. The van der Waals surface area contributed by atoms with E-state index < -0.39 is 0 Å². The van der Waals surface area contributed by atoms with Crippen molar-refractivity contribution in [1.82, 2.24) is 9.80 Å². The zero-order valence-corrected chi connectivity index (χ0v) is 16.7. The second-order valence-corrected chi connectivity index (χ2v) is 7.46. The van der Waals surface area contributed by atoms with E-state index in [9.17, 15) is 4.79 Å². The van der Waals surface area contributed by atoms with Crippen LogP contribution in [0.3, 0.4) is 0 Å².